The summed E-state index contributed by atoms with van der Waals surface area (Å²) < 4.78 is 42.2. The summed E-state index contributed by atoms with van der Waals surface area (Å²) in [7, 11) is -2.93. The third-order valence-corrected chi connectivity index (χ3v) is 9.46. The molecule has 234 valence electrons. The zero-order chi connectivity index (χ0) is 32.8. The largest absolute Gasteiger partial charge is 0.461 e. The Balaban J connectivity index is 1.90. The number of aromatic nitrogens is 2. The van der Waals surface area contributed by atoms with Gasteiger partial charge < -0.3 is 19.1 Å². The molecule has 9 nitrogen and oxygen atoms in total. The second-order valence-electron chi connectivity index (χ2n) is 11.6. The fourth-order valence-electron chi connectivity index (χ4n) is 5.30. The number of esters is 1. The van der Waals surface area contributed by atoms with Gasteiger partial charge >= 0.3 is 5.97 Å². The molecule has 0 aliphatic rings. The molecule has 5 aromatic rings. The number of pyridine rings is 1. The number of ether oxygens (including phenoxy) is 2. The summed E-state index contributed by atoms with van der Waals surface area (Å²) in [5.74, 6) is 0.157. The van der Waals surface area contributed by atoms with Crippen molar-refractivity contribution >= 4 is 26.9 Å². The number of hydrogen-bond donors (Lipinski definition) is 1. The highest BCUT2D eigenvalue weighted by molar-refractivity contribution is 7.90. The normalized spacial score (nSPS) is 12.0. The Morgan fingerprint density at radius 3 is 2.18 bits per heavy atom. The predicted molar refractivity (Wildman–Crippen MR) is 174 cm³/mol. The number of benzene rings is 3. The summed E-state index contributed by atoms with van der Waals surface area (Å²) in [4.78, 5) is 27.0. The lowest BCUT2D eigenvalue weighted by molar-refractivity contribution is 0.0518. The van der Waals surface area contributed by atoms with Gasteiger partial charge in [0, 0.05) is 29.8 Å². The third kappa shape index (κ3) is 5.79. The van der Waals surface area contributed by atoms with Crippen molar-refractivity contribution in [2.45, 2.75) is 52.0 Å². The Kier molecular flexibility index (Phi) is 8.24. The van der Waals surface area contributed by atoms with E-state index in [4.69, 9.17) is 9.47 Å². The van der Waals surface area contributed by atoms with E-state index >= 15 is 0 Å². The summed E-state index contributed by atoms with van der Waals surface area (Å²) in [6, 6.07) is 18.6. The summed E-state index contributed by atoms with van der Waals surface area (Å²) in [6.07, 6.45) is 1.57. The van der Waals surface area contributed by atoms with Gasteiger partial charge in [0.15, 0.2) is 0 Å². The Bertz CT molecular complexity index is 2100. The molecule has 0 radical (unpaired) electrons. The molecule has 2 aromatic heterocycles. The van der Waals surface area contributed by atoms with Crippen molar-refractivity contribution in [3.8, 4) is 22.6 Å². The molecule has 0 fully saturated rings. The van der Waals surface area contributed by atoms with Crippen LogP contribution in [-0.4, -0.2) is 34.6 Å². The number of aryl methyl sites for hydroxylation is 4. The Hall–Kier alpha value is -4.67. The van der Waals surface area contributed by atoms with Crippen molar-refractivity contribution in [2.24, 2.45) is 7.05 Å². The molecule has 0 atom stereocenters. The van der Waals surface area contributed by atoms with Crippen LogP contribution in [0.2, 0.25) is 0 Å². The standard InChI is InChI=1S/C35H36N2O7S/c1-8-43-34(39)29-19-27-28(20-36(7)33(38)31(27)37(29)45(41,42)25-15-12-21(2)13-16-25)26-18-24(35(5,6)40)14-17-30(26)44-32-22(3)10-9-11-23(32)4/h9-20,40H,8H2,1-7H3. The monoisotopic (exact) mass is 628 g/mol. The van der Waals surface area contributed by atoms with E-state index in [1.54, 1.807) is 57.3 Å². The van der Waals surface area contributed by atoms with E-state index in [0.29, 0.717) is 28.2 Å². The van der Waals surface area contributed by atoms with Crippen LogP contribution in [0.3, 0.4) is 0 Å². The number of nitrogens with zero attached hydrogens (tertiary/aromatic N) is 2. The van der Waals surface area contributed by atoms with Gasteiger partial charge in [-0.1, -0.05) is 42.0 Å². The lowest BCUT2D eigenvalue weighted by atomic mass is 9.93. The van der Waals surface area contributed by atoms with Gasteiger partial charge in [-0.25, -0.2) is 17.2 Å². The molecule has 0 spiro atoms. The average molecular weight is 629 g/mol. The SMILES string of the molecule is CCOC(=O)c1cc2c(-c3cc(C(C)(C)O)ccc3Oc3c(C)cccc3C)cn(C)c(=O)c2n1S(=O)(=O)c1ccc(C)cc1. The van der Waals surface area contributed by atoms with E-state index in [-0.39, 0.29) is 28.1 Å². The molecule has 1 N–H and O–H groups in total. The van der Waals surface area contributed by atoms with Crippen LogP contribution in [0.4, 0.5) is 0 Å². The second-order valence-corrected chi connectivity index (χ2v) is 13.4. The summed E-state index contributed by atoms with van der Waals surface area (Å²) in [6.45, 7) is 10.6. The van der Waals surface area contributed by atoms with Gasteiger partial charge in [-0.05, 0) is 88.6 Å². The Morgan fingerprint density at radius 1 is 0.933 bits per heavy atom. The van der Waals surface area contributed by atoms with Crippen molar-refractivity contribution in [3.63, 3.8) is 0 Å². The number of fused-ring (bicyclic) bond motifs is 1. The van der Waals surface area contributed by atoms with E-state index in [2.05, 4.69) is 0 Å². The van der Waals surface area contributed by atoms with Crippen LogP contribution in [0.1, 0.15) is 53.5 Å². The molecule has 10 heteroatoms. The topological polar surface area (TPSA) is 117 Å². The Labute approximate surface area is 262 Å². The summed E-state index contributed by atoms with van der Waals surface area (Å²) in [5, 5.41) is 11.1. The van der Waals surface area contributed by atoms with Crippen LogP contribution in [0, 0.1) is 20.8 Å². The van der Waals surface area contributed by atoms with Crippen LogP contribution in [-0.2, 0) is 27.4 Å². The fraction of sp³-hybridized carbons (Fsp3) is 0.257. The first-order valence-electron chi connectivity index (χ1n) is 14.5. The fourth-order valence-corrected chi connectivity index (χ4v) is 6.79. The average Bonchev–Trinajstić information content (AvgIpc) is 3.39. The maximum absolute atomic E-state index is 14.2. The van der Waals surface area contributed by atoms with Crippen molar-refractivity contribution in [3.05, 3.63) is 111 Å². The van der Waals surface area contributed by atoms with Crippen molar-refractivity contribution in [1.29, 1.82) is 0 Å². The first kappa shape index (κ1) is 31.7. The predicted octanol–water partition coefficient (Wildman–Crippen LogP) is 6.37. The van der Waals surface area contributed by atoms with Crippen LogP contribution in [0.25, 0.3) is 22.0 Å². The molecule has 0 aliphatic heterocycles. The van der Waals surface area contributed by atoms with Crippen LogP contribution in [0.5, 0.6) is 11.5 Å². The quantitative estimate of drug-likeness (QED) is 0.199. The molecular weight excluding hydrogens is 592 g/mol. The summed E-state index contributed by atoms with van der Waals surface area (Å²) in [5.41, 5.74) is 1.72. The molecule has 0 saturated carbocycles. The Morgan fingerprint density at radius 2 is 1.58 bits per heavy atom. The highest BCUT2D eigenvalue weighted by atomic mass is 32.2. The number of aliphatic hydroxyl groups is 1. The second kappa shape index (κ2) is 11.7. The maximum atomic E-state index is 14.2. The smallest absolute Gasteiger partial charge is 0.356 e. The van der Waals surface area contributed by atoms with Gasteiger partial charge in [0.05, 0.1) is 17.1 Å². The molecule has 5 rings (SSSR count). The van der Waals surface area contributed by atoms with E-state index < -0.39 is 27.2 Å². The third-order valence-electron chi connectivity index (χ3n) is 7.73. The lowest BCUT2D eigenvalue weighted by Crippen LogP contribution is -2.25. The van der Waals surface area contributed by atoms with Gasteiger partial charge in [0.2, 0.25) is 0 Å². The van der Waals surface area contributed by atoms with Crippen LogP contribution >= 0.6 is 0 Å². The van der Waals surface area contributed by atoms with E-state index in [1.165, 1.54) is 29.8 Å². The number of hydrogen-bond acceptors (Lipinski definition) is 7. The number of rotatable bonds is 8. The summed E-state index contributed by atoms with van der Waals surface area (Å²) >= 11 is 0. The van der Waals surface area contributed by atoms with Gasteiger partial charge in [0.1, 0.15) is 22.7 Å². The van der Waals surface area contributed by atoms with Gasteiger partial charge in [-0.3, -0.25) is 4.79 Å². The first-order valence-corrected chi connectivity index (χ1v) is 15.9. The minimum absolute atomic E-state index is 0.00278. The lowest BCUT2D eigenvalue weighted by Gasteiger charge is -2.22. The number of carbonyl (C=O) groups excluding carboxylic acids is 1. The molecular formula is C35H36N2O7S. The minimum atomic E-state index is -4.44. The molecule has 0 amide bonds. The number of carbonyl (C=O) groups is 1. The highest BCUT2D eigenvalue weighted by Gasteiger charge is 2.31. The molecule has 2 heterocycles. The van der Waals surface area contributed by atoms with E-state index in [9.17, 15) is 23.1 Å². The zero-order valence-corrected chi connectivity index (χ0v) is 27.2. The van der Waals surface area contributed by atoms with Crippen molar-refractivity contribution in [2.75, 3.05) is 6.61 Å². The van der Waals surface area contributed by atoms with Gasteiger partial charge in [-0.2, -0.15) is 0 Å². The molecule has 45 heavy (non-hydrogen) atoms. The molecule has 0 unspecified atom stereocenters. The molecule has 0 aliphatic carbocycles. The molecule has 0 saturated heterocycles. The number of para-hydroxylation sites is 1. The maximum Gasteiger partial charge on any atom is 0.356 e. The molecule has 0 bridgehead atoms. The first-order chi connectivity index (χ1) is 21.1. The zero-order valence-electron chi connectivity index (χ0n) is 26.3. The van der Waals surface area contributed by atoms with Gasteiger partial charge in [0.25, 0.3) is 15.6 Å². The highest BCUT2D eigenvalue weighted by Crippen LogP contribution is 2.41. The van der Waals surface area contributed by atoms with Crippen molar-refractivity contribution in [1.82, 2.24) is 8.54 Å². The van der Waals surface area contributed by atoms with Crippen LogP contribution in [0.15, 0.2) is 82.6 Å². The molecule has 3 aromatic carbocycles. The van der Waals surface area contributed by atoms with E-state index in [0.717, 1.165) is 20.7 Å². The van der Waals surface area contributed by atoms with Crippen molar-refractivity contribution < 1.29 is 27.8 Å². The minimum Gasteiger partial charge on any atom is -0.461 e. The van der Waals surface area contributed by atoms with Crippen LogP contribution < -0.4 is 10.3 Å². The van der Waals surface area contributed by atoms with Gasteiger partial charge in [-0.15, -0.1) is 0 Å². The van der Waals surface area contributed by atoms with E-state index in [1.807, 2.05) is 39.0 Å².